The molecule has 2 aliphatic heterocycles. The van der Waals surface area contributed by atoms with Crippen molar-refractivity contribution in [2.45, 2.75) is 37.7 Å². The predicted molar refractivity (Wildman–Crippen MR) is 90.5 cm³/mol. The lowest BCUT2D eigenvalue weighted by Crippen LogP contribution is -2.28. The summed E-state index contributed by atoms with van der Waals surface area (Å²) in [6.07, 6.45) is 5.19. The Kier molecular flexibility index (Phi) is 5.69. The van der Waals surface area contributed by atoms with Crippen LogP contribution >= 0.6 is 0 Å². The van der Waals surface area contributed by atoms with Crippen molar-refractivity contribution in [2.24, 2.45) is 11.1 Å². The van der Waals surface area contributed by atoms with Gasteiger partial charge in [-0.25, -0.2) is 0 Å². The molecule has 0 radical (unpaired) electrons. The Morgan fingerprint density at radius 3 is 2.71 bits per heavy atom. The quantitative estimate of drug-likeness (QED) is 0.801. The number of oxime groups is 1. The van der Waals surface area contributed by atoms with Crippen LogP contribution in [0.1, 0.15) is 37.2 Å². The molecule has 2 unspecified atom stereocenters. The van der Waals surface area contributed by atoms with E-state index < -0.39 is 18.0 Å². The summed E-state index contributed by atoms with van der Waals surface area (Å²) in [5.74, 6) is -0.0943. The number of rotatable bonds is 7. The predicted octanol–water partition coefficient (Wildman–Crippen LogP) is 2.40. The summed E-state index contributed by atoms with van der Waals surface area (Å²) in [6, 6.07) is 7.29. The van der Waals surface area contributed by atoms with E-state index in [-0.39, 0.29) is 0 Å². The van der Waals surface area contributed by atoms with Crippen LogP contribution in [0.15, 0.2) is 29.4 Å². The third-order valence-corrected chi connectivity index (χ3v) is 4.74. The van der Waals surface area contributed by atoms with Crippen LogP contribution in [0, 0.1) is 5.92 Å². The third kappa shape index (κ3) is 4.26. The number of ether oxygens (including phenoxy) is 1. The largest absolute Gasteiger partial charge is 0.494 e. The number of carboxylic acids is 1. The van der Waals surface area contributed by atoms with Crippen LogP contribution in [0.3, 0.4) is 0 Å². The molecule has 0 bridgehead atoms. The van der Waals surface area contributed by atoms with Crippen LogP contribution in [-0.2, 0) is 9.63 Å². The molecule has 2 N–H and O–H groups in total. The van der Waals surface area contributed by atoms with Gasteiger partial charge >= 0.3 is 5.97 Å². The minimum atomic E-state index is -0.898. The highest BCUT2D eigenvalue weighted by Crippen LogP contribution is 2.28. The van der Waals surface area contributed by atoms with Gasteiger partial charge in [-0.05, 0) is 56.0 Å². The van der Waals surface area contributed by atoms with E-state index in [0.717, 1.165) is 31.2 Å². The average Bonchev–Trinajstić information content (AvgIpc) is 3.11. The molecule has 6 heteroatoms. The van der Waals surface area contributed by atoms with Crippen LogP contribution < -0.4 is 10.1 Å². The number of nitrogens with zero attached hydrogens (tertiary/aromatic N) is 1. The molecule has 3 rings (SSSR count). The minimum Gasteiger partial charge on any atom is -0.494 e. The Balaban J connectivity index is 1.53. The van der Waals surface area contributed by atoms with Crippen LogP contribution in [0.4, 0.5) is 0 Å². The molecule has 1 aromatic rings. The van der Waals surface area contributed by atoms with Crippen molar-refractivity contribution in [2.75, 3.05) is 19.7 Å². The molecule has 1 aromatic carbocycles. The van der Waals surface area contributed by atoms with Crippen molar-refractivity contribution in [1.29, 1.82) is 0 Å². The molecule has 0 aliphatic carbocycles. The second-order valence-corrected chi connectivity index (χ2v) is 6.38. The molecular formula is C18H24N2O4. The molecule has 1 saturated heterocycles. The Bertz CT molecular complexity index is 559. The van der Waals surface area contributed by atoms with Crippen molar-refractivity contribution >= 4 is 12.2 Å². The number of hydrogen-bond acceptors (Lipinski definition) is 5. The molecule has 2 atom stereocenters. The summed E-state index contributed by atoms with van der Waals surface area (Å²) in [5.41, 5.74) is 0.712. The first-order chi connectivity index (χ1) is 11.7. The zero-order chi connectivity index (χ0) is 16.8. The summed E-state index contributed by atoms with van der Waals surface area (Å²) in [6.45, 7) is 2.90. The van der Waals surface area contributed by atoms with Crippen molar-refractivity contribution in [3.05, 3.63) is 29.8 Å². The SMILES string of the molecule is O=C(O)C(c1ccc(OCCC2CCNCC2)cc1)C1CC=NO1. The smallest absolute Gasteiger partial charge is 0.314 e. The molecule has 0 saturated carbocycles. The minimum absolute atomic E-state index is 0.436. The van der Waals surface area contributed by atoms with Gasteiger partial charge in [0.25, 0.3) is 0 Å². The summed E-state index contributed by atoms with van der Waals surface area (Å²) in [5, 5.41) is 16.5. The van der Waals surface area contributed by atoms with Gasteiger partial charge in [-0.1, -0.05) is 17.3 Å². The second-order valence-electron chi connectivity index (χ2n) is 6.38. The highest BCUT2D eigenvalue weighted by molar-refractivity contribution is 5.78. The first-order valence-electron chi connectivity index (χ1n) is 8.58. The molecule has 0 aromatic heterocycles. The summed E-state index contributed by atoms with van der Waals surface area (Å²) >= 11 is 0. The van der Waals surface area contributed by atoms with Gasteiger partial charge in [0, 0.05) is 12.6 Å². The zero-order valence-corrected chi connectivity index (χ0v) is 13.7. The van der Waals surface area contributed by atoms with E-state index in [2.05, 4.69) is 10.5 Å². The van der Waals surface area contributed by atoms with E-state index in [0.29, 0.717) is 18.6 Å². The fourth-order valence-electron chi connectivity index (χ4n) is 3.31. The van der Waals surface area contributed by atoms with Crippen LogP contribution in [0.2, 0.25) is 0 Å². The number of piperidine rings is 1. The molecule has 24 heavy (non-hydrogen) atoms. The second kappa shape index (κ2) is 8.15. The lowest BCUT2D eigenvalue weighted by Gasteiger charge is -2.22. The Labute approximate surface area is 141 Å². The zero-order valence-electron chi connectivity index (χ0n) is 13.7. The fourth-order valence-corrected chi connectivity index (χ4v) is 3.31. The van der Waals surface area contributed by atoms with E-state index >= 15 is 0 Å². The van der Waals surface area contributed by atoms with Gasteiger partial charge in [-0.3, -0.25) is 4.79 Å². The molecule has 0 spiro atoms. The molecular weight excluding hydrogens is 308 g/mol. The number of nitrogens with one attached hydrogen (secondary N) is 1. The Hall–Kier alpha value is -2.08. The highest BCUT2D eigenvalue weighted by atomic mass is 16.6. The van der Waals surface area contributed by atoms with Crippen LogP contribution in [0.5, 0.6) is 5.75 Å². The normalized spacial score (nSPS) is 22.1. The summed E-state index contributed by atoms with van der Waals surface area (Å²) in [7, 11) is 0. The number of hydrogen-bond donors (Lipinski definition) is 2. The third-order valence-electron chi connectivity index (χ3n) is 4.74. The van der Waals surface area contributed by atoms with Gasteiger partial charge in [-0.15, -0.1) is 0 Å². The van der Waals surface area contributed by atoms with Crippen molar-refractivity contribution in [3.63, 3.8) is 0 Å². The maximum atomic E-state index is 11.5. The molecule has 0 amide bonds. The first-order valence-corrected chi connectivity index (χ1v) is 8.58. The van der Waals surface area contributed by atoms with Crippen molar-refractivity contribution in [1.82, 2.24) is 5.32 Å². The maximum Gasteiger partial charge on any atom is 0.314 e. The fraction of sp³-hybridized carbons (Fsp3) is 0.556. The number of carboxylic acid groups (broad SMARTS) is 1. The van der Waals surface area contributed by atoms with Crippen molar-refractivity contribution in [3.8, 4) is 5.75 Å². The monoisotopic (exact) mass is 332 g/mol. The van der Waals surface area contributed by atoms with E-state index in [9.17, 15) is 9.90 Å². The van der Waals surface area contributed by atoms with E-state index in [1.54, 1.807) is 18.3 Å². The van der Waals surface area contributed by atoms with Gasteiger partial charge in [0.2, 0.25) is 0 Å². The topological polar surface area (TPSA) is 80.2 Å². The van der Waals surface area contributed by atoms with Gasteiger partial charge < -0.3 is 20.0 Å². The molecule has 1 fully saturated rings. The lowest BCUT2D eigenvalue weighted by molar-refractivity contribution is -0.142. The van der Waals surface area contributed by atoms with Gasteiger partial charge in [0.05, 0.1) is 6.61 Å². The first kappa shape index (κ1) is 16.8. The summed E-state index contributed by atoms with van der Waals surface area (Å²) < 4.78 is 5.81. The van der Waals surface area contributed by atoms with Gasteiger partial charge in [0.1, 0.15) is 17.8 Å². The van der Waals surface area contributed by atoms with Crippen molar-refractivity contribution < 1.29 is 19.5 Å². The average molecular weight is 332 g/mol. The molecule has 130 valence electrons. The number of aliphatic carboxylic acids is 1. The van der Waals surface area contributed by atoms with E-state index in [4.69, 9.17) is 9.57 Å². The molecule has 6 nitrogen and oxygen atoms in total. The Morgan fingerprint density at radius 1 is 1.33 bits per heavy atom. The summed E-state index contributed by atoms with van der Waals surface area (Å²) in [4.78, 5) is 16.7. The molecule has 2 aliphatic rings. The van der Waals surface area contributed by atoms with E-state index in [1.807, 2.05) is 12.1 Å². The van der Waals surface area contributed by atoms with Gasteiger partial charge in [0.15, 0.2) is 0 Å². The molecule has 2 heterocycles. The standard InChI is InChI=1S/C18H24N2O4/c21-18(22)17(16-7-11-20-24-16)14-1-3-15(4-2-14)23-12-8-13-5-9-19-10-6-13/h1-4,11,13,16-17,19H,5-10,12H2,(H,21,22). The van der Waals surface area contributed by atoms with E-state index in [1.165, 1.54) is 12.8 Å². The Morgan fingerprint density at radius 2 is 2.08 bits per heavy atom. The maximum absolute atomic E-state index is 11.5. The van der Waals surface area contributed by atoms with Crippen LogP contribution in [-0.4, -0.2) is 43.1 Å². The van der Waals surface area contributed by atoms with Gasteiger partial charge in [-0.2, -0.15) is 0 Å². The number of carbonyl (C=O) groups is 1. The lowest BCUT2D eigenvalue weighted by atomic mass is 9.92. The number of benzene rings is 1. The highest BCUT2D eigenvalue weighted by Gasteiger charge is 2.33. The van der Waals surface area contributed by atoms with Crippen LogP contribution in [0.25, 0.3) is 0 Å².